The summed E-state index contributed by atoms with van der Waals surface area (Å²) >= 11 is 5.68. The van der Waals surface area contributed by atoms with Crippen LogP contribution in [-0.2, 0) is 0 Å². The molecule has 1 nitrogen and oxygen atoms in total. The van der Waals surface area contributed by atoms with Gasteiger partial charge in [0.15, 0.2) is 0 Å². The van der Waals surface area contributed by atoms with Crippen LogP contribution in [0, 0.1) is 0 Å². The molecular weight excluding hydrogens is 203 g/mol. The lowest BCUT2D eigenvalue weighted by atomic mass is 10.1. The van der Waals surface area contributed by atoms with E-state index in [1.165, 1.54) is 6.21 Å². The van der Waals surface area contributed by atoms with Gasteiger partial charge in [-0.1, -0.05) is 11.6 Å². The monoisotopic (exact) mass is 211 g/mol. The van der Waals surface area contributed by atoms with Crippen molar-refractivity contribution in [2.24, 2.45) is 4.99 Å². The van der Waals surface area contributed by atoms with Gasteiger partial charge in [0, 0.05) is 17.7 Å². The van der Waals surface area contributed by atoms with E-state index < -0.39 is 12.6 Å². The molecule has 0 bridgehead atoms. The van der Waals surface area contributed by atoms with E-state index in [1.54, 1.807) is 6.08 Å². The molecule has 0 aromatic heterocycles. The number of aliphatic imine (C=N–C) groups is 1. The summed E-state index contributed by atoms with van der Waals surface area (Å²) in [6.45, 7) is 0. The van der Waals surface area contributed by atoms with Crippen molar-refractivity contribution in [1.82, 2.24) is 0 Å². The Morgan fingerprint density at radius 3 is 2.62 bits per heavy atom. The van der Waals surface area contributed by atoms with E-state index >= 15 is 0 Å². The molecule has 74 valence electrons. The lowest BCUT2D eigenvalue weighted by Gasteiger charge is -2.09. The predicted molar refractivity (Wildman–Crippen MR) is 46.1 cm³/mol. The van der Waals surface area contributed by atoms with Gasteiger partial charge in [0.25, 0.3) is 0 Å². The number of nitrogens with zero attached hydrogens (tertiary/aromatic N) is 1. The highest BCUT2D eigenvalue weighted by Gasteiger charge is 2.27. The van der Waals surface area contributed by atoms with Gasteiger partial charge >= 0.3 is 6.18 Å². The van der Waals surface area contributed by atoms with Crippen LogP contribution in [0.5, 0.6) is 0 Å². The van der Waals surface area contributed by atoms with Gasteiger partial charge in [-0.25, -0.2) is 0 Å². The van der Waals surface area contributed by atoms with E-state index in [4.69, 9.17) is 11.6 Å². The predicted octanol–water partition coefficient (Wildman–Crippen LogP) is 3.29. The second kappa shape index (κ2) is 4.13. The van der Waals surface area contributed by atoms with Crippen molar-refractivity contribution in [1.29, 1.82) is 0 Å². The highest BCUT2D eigenvalue weighted by Crippen LogP contribution is 2.26. The molecule has 0 spiro atoms. The van der Waals surface area contributed by atoms with Crippen LogP contribution < -0.4 is 0 Å². The van der Waals surface area contributed by atoms with E-state index in [0.717, 1.165) is 0 Å². The minimum atomic E-state index is -4.07. The Balaban J connectivity index is 2.21. The molecule has 0 aromatic rings. The van der Waals surface area contributed by atoms with Crippen molar-refractivity contribution < 1.29 is 13.2 Å². The quantitative estimate of drug-likeness (QED) is 0.679. The maximum absolute atomic E-state index is 11.7. The fraction of sp³-hybridized carbons (Fsp3) is 0.625. The Hall–Kier alpha value is -0.510. The second-order valence-corrected chi connectivity index (χ2v) is 3.31. The van der Waals surface area contributed by atoms with Crippen LogP contribution in [0.3, 0.4) is 0 Å². The number of alkyl halides is 3. The Labute approximate surface area is 79.3 Å². The van der Waals surface area contributed by atoms with Crippen molar-refractivity contribution in [3.05, 3.63) is 11.1 Å². The summed E-state index contributed by atoms with van der Waals surface area (Å²) in [5, 5.41) is 0.530. The van der Waals surface area contributed by atoms with Gasteiger partial charge in [0.1, 0.15) is 0 Å². The average molecular weight is 212 g/mol. The number of hydrogen-bond acceptors (Lipinski definition) is 1. The summed E-state index contributed by atoms with van der Waals surface area (Å²) in [5.41, 5.74) is 0. The van der Waals surface area contributed by atoms with Gasteiger partial charge in [0.2, 0.25) is 0 Å². The molecule has 1 rings (SSSR count). The molecule has 0 fully saturated rings. The largest absolute Gasteiger partial charge is 0.389 e. The molecule has 0 saturated heterocycles. The highest BCUT2D eigenvalue weighted by molar-refractivity contribution is 6.31. The van der Waals surface area contributed by atoms with E-state index in [2.05, 4.69) is 4.99 Å². The minimum absolute atomic E-state index is 0.0789. The summed E-state index contributed by atoms with van der Waals surface area (Å²) in [7, 11) is 0. The number of allylic oxidation sites excluding steroid dienone is 1. The molecule has 0 aromatic carbocycles. The van der Waals surface area contributed by atoms with Crippen LogP contribution in [0.25, 0.3) is 0 Å². The molecule has 0 aliphatic carbocycles. The van der Waals surface area contributed by atoms with Gasteiger partial charge in [0.05, 0.1) is 6.04 Å². The van der Waals surface area contributed by atoms with Gasteiger partial charge in [-0.3, -0.25) is 4.99 Å². The zero-order valence-corrected chi connectivity index (χ0v) is 7.57. The first-order valence-electron chi connectivity index (χ1n) is 3.94. The van der Waals surface area contributed by atoms with Gasteiger partial charge in [-0.05, 0) is 18.9 Å². The third-order valence-corrected chi connectivity index (χ3v) is 2.13. The van der Waals surface area contributed by atoms with Gasteiger partial charge < -0.3 is 0 Å². The molecule has 1 atom stereocenters. The van der Waals surface area contributed by atoms with Crippen LogP contribution in [-0.4, -0.2) is 18.4 Å². The van der Waals surface area contributed by atoms with Crippen LogP contribution in [0.2, 0.25) is 0 Å². The van der Waals surface area contributed by atoms with Crippen LogP contribution in [0.1, 0.15) is 19.3 Å². The lowest BCUT2D eigenvalue weighted by Crippen LogP contribution is -2.09. The van der Waals surface area contributed by atoms with Crippen LogP contribution in [0.15, 0.2) is 16.1 Å². The molecule has 1 unspecified atom stereocenters. The standard InChI is InChI=1S/C8H9ClF3N/c9-6-3-5-13-7(6)2-1-4-8(10,11)12/h3,5,7H,1-2,4H2. The van der Waals surface area contributed by atoms with Crippen molar-refractivity contribution in [2.75, 3.05) is 0 Å². The third kappa shape index (κ3) is 3.81. The number of rotatable bonds is 3. The molecule has 1 heterocycles. The SMILES string of the molecule is FC(F)(F)CCCC1N=CC=C1Cl. The molecule has 1 aliphatic heterocycles. The maximum Gasteiger partial charge on any atom is 0.389 e. The average Bonchev–Trinajstić information content (AvgIpc) is 2.34. The Bertz CT molecular complexity index is 232. The summed E-state index contributed by atoms with van der Waals surface area (Å²) in [5.74, 6) is 0. The molecule has 5 heteroatoms. The summed E-state index contributed by atoms with van der Waals surface area (Å²) in [6.07, 6.45) is -1.25. The number of hydrogen-bond donors (Lipinski definition) is 0. The highest BCUT2D eigenvalue weighted by atomic mass is 35.5. The zero-order chi connectivity index (χ0) is 9.90. The smallest absolute Gasteiger partial charge is 0.284 e. The molecule has 1 aliphatic rings. The Morgan fingerprint density at radius 1 is 1.46 bits per heavy atom. The first kappa shape index (κ1) is 10.6. The lowest BCUT2D eigenvalue weighted by molar-refractivity contribution is -0.135. The summed E-state index contributed by atoms with van der Waals surface area (Å²) in [6, 6.07) is -0.246. The Morgan fingerprint density at radius 2 is 2.15 bits per heavy atom. The first-order chi connectivity index (χ1) is 5.99. The Kier molecular flexibility index (Phi) is 3.36. The van der Waals surface area contributed by atoms with Crippen molar-refractivity contribution in [3.63, 3.8) is 0 Å². The molecule has 0 amide bonds. The normalized spacial score (nSPS) is 22.2. The van der Waals surface area contributed by atoms with Crippen molar-refractivity contribution in [3.8, 4) is 0 Å². The molecule has 0 radical (unpaired) electrons. The van der Waals surface area contributed by atoms with E-state index in [0.29, 0.717) is 11.5 Å². The molecule has 13 heavy (non-hydrogen) atoms. The third-order valence-electron chi connectivity index (χ3n) is 1.76. The second-order valence-electron chi connectivity index (χ2n) is 2.87. The van der Waals surface area contributed by atoms with E-state index in [9.17, 15) is 13.2 Å². The molecular formula is C8H9ClF3N. The topological polar surface area (TPSA) is 12.4 Å². The molecule has 0 N–H and O–H groups in total. The number of halogens is 4. The van der Waals surface area contributed by atoms with Gasteiger partial charge in [-0.15, -0.1) is 0 Å². The van der Waals surface area contributed by atoms with Crippen molar-refractivity contribution >= 4 is 17.8 Å². The first-order valence-corrected chi connectivity index (χ1v) is 4.32. The summed E-state index contributed by atoms with van der Waals surface area (Å²) < 4.78 is 35.2. The fourth-order valence-corrected chi connectivity index (χ4v) is 1.33. The van der Waals surface area contributed by atoms with E-state index in [1.807, 2.05) is 0 Å². The van der Waals surface area contributed by atoms with Gasteiger partial charge in [-0.2, -0.15) is 13.2 Å². The van der Waals surface area contributed by atoms with E-state index in [-0.39, 0.29) is 12.5 Å². The fourth-order valence-electron chi connectivity index (χ4n) is 1.11. The minimum Gasteiger partial charge on any atom is -0.284 e. The maximum atomic E-state index is 11.7. The molecule has 0 saturated carbocycles. The van der Waals surface area contributed by atoms with Crippen LogP contribution >= 0.6 is 11.6 Å². The van der Waals surface area contributed by atoms with Crippen molar-refractivity contribution in [2.45, 2.75) is 31.5 Å². The zero-order valence-electron chi connectivity index (χ0n) is 6.81. The van der Waals surface area contributed by atoms with Crippen LogP contribution in [0.4, 0.5) is 13.2 Å². The summed E-state index contributed by atoms with van der Waals surface area (Å²) in [4.78, 5) is 3.92.